The summed E-state index contributed by atoms with van der Waals surface area (Å²) >= 11 is 0. The fourth-order valence-corrected chi connectivity index (χ4v) is 0.526. The van der Waals surface area contributed by atoms with Crippen molar-refractivity contribution in [3.05, 3.63) is 30.6 Å². The Balaban J connectivity index is 0.000000249. The van der Waals surface area contributed by atoms with Crippen molar-refractivity contribution in [1.82, 2.24) is 4.98 Å². The largest absolute Gasteiger partial charge is 0.481 e. The Morgan fingerprint density at radius 1 is 0.929 bits per heavy atom. The van der Waals surface area contributed by atoms with E-state index in [4.69, 9.17) is 10.2 Å². The molecule has 1 aromatic rings. The number of pyridine rings is 1. The molecule has 0 aliphatic rings. The average Bonchev–Trinajstić information content (AvgIpc) is 2.18. The van der Waals surface area contributed by atoms with Gasteiger partial charge in [-0.05, 0) is 12.1 Å². The van der Waals surface area contributed by atoms with E-state index in [1.807, 2.05) is 18.2 Å². The normalized spacial score (nSPS) is 8.29. The summed E-state index contributed by atoms with van der Waals surface area (Å²) in [5, 5.41) is 15.8. The molecule has 5 heteroatoms. The van der Waals surface area contributed by atoms with Gasteiger partial charge in [0.05, 0.1) is 12.8 Å². The first-order valence-electron chi connectivity index (χ1n) is 3.91. The number of carbonyl (C=O) groups is 2. The Kier molecular flexibility index (Phi) is 6.67. The molecule has 0 aliphatic heterocycles. The van der Waals surface area contributed by atoms with Crippen molar-refractivity contribution in [2.24, 2.45) is 0 Å². The third-order valence-corrected chi connectivity index (χ3v) is 1.12. The van der Waals surface area contributed by atoms with Crippen LogP contribution in [0, 0.1) is 0 Å². The highest BCUT2D eigenvalue weighted by atomic mass is 16.4. The number of rotatable bonds is 3. The summed E-state index contributed by atoms with van der Waals surface area (Å²) in [6.45, 7) is 0. The molecule has 1 heterocycles. The first-order chi connectivity index (χ1) is 6.63. The standard InChI is InChI=1S/C5H5N.C4H6O4/c1-2-4-6-5-3-1;5-3(6)1-2-4(7)8/h1-5H;1-2H2,(H,5,6)(H,7,8). The fraction of sp³-hybridized carbons (Fsp3) is 0.222. The van der Waals surface area contributed by atoms with E-state index >= 15 is 0 Å². The maximum Gasteiger partial charge on any atom is 0.303 e. The van der Waals surface area contributed by atoms with Crippen molar-refractivity contribution in [3.63, 3.8) is 0 Å². The lowest BCUT2D eigenvalue weighted by Crippen LogP contribution is -2.00. The van der Waals surface area contributed by atoms with Crippen molar-refractivity contribution in [2.75, 3.05) is 0 Å². The lowest BCUT2D eigenvalue weighted by molar-refractivity contribution is -0.143. The minimum atomic E-state index is -1.08. The van der Waals surface area contributed by atoms with Crippen LogP contribution in [-0.4, -0.2) is 27.1 Å². The van der Waals surface area contributed by atoms with E-state index in [2.05, 4.69) is 4.98 Å². The molecular formula is C9H11NO4. The van der Waals surface area contributed by atoms with Crippen LogP contribution in [0.5, 0.6) is 0 Å². The van der Waals surface area contributed by atoms with Crippen molar-refractivity contribution in [1.29, 1.82) is 0 Å². The molecule has 0 bridgehead atoms. The molecule has 14 heavy (non-hydrogen) atoms. The summed E-state index contributed by atoms with van der Waals surface area (Å²) in [5.74, 6) is -2.15. The van der Waals surface area contributed by atoms with E-state index in [1.54, 1.807) is 12.4 Å². The summed E-state index contributed by atoms with van der Waals surface area (Å²) in [7, 11) is 0. The molecule has 1 aromatic heterocycles. The van der Waals surface area contributed by atoms with Gasteiger partial charge in [-0.2, -0.15) is 0 Å². The van der Waals surface area contributed by atoms with Gasteiger partial charge in [0.15, 0.2) is 0 Å². The Morgan fingerprint density at radius 3 is 1.50 bits per heavy atom. The summed E-state index contributed by atoms with van der Waals surface area (Å²) in [6, 6.07) is 5.72. The highest BCUT2D eigenvalue weighted by Crippen LogP contribution is 1.86. The molecule has 0 fully saturated rings. The maximum absolute atomic E-state index is 9.64. The zero-order chi connectivity index (χ0) is 10.8. The minimum Gasteiger partial charge on any atom is -0.481 e. The monoisotopic (exact) mass is 197 g/mol. The lowest BCUT2D eigenvalue weighted by Gasteiger charge is -1.85. The van der Waals surface area contributed by atoms with Crippen LogP contribution in [0.4, 0.5) is 0 Å². The average molecular weight is 197 g/mol. The van der Waals surface area contributed by atoms with E-state index in [9.17, 15) is 9.59 Å². The molecule has 2 N–H and O–H groups in total. The Morgan fingerprint density at radius 2 is 1.36 bits per heavy atom. The van der Waals surface area contributed by atoms with Crippen LogP contribution >= 0.6 is 0 Å². The van der Waals surface area contributed by atoms with Crippen LogP contribution in [0.15, 0.2) is 30.6 Å². The van der Waals surface area contributed by atoms with Gasteiger partial charge < -0.3 is 10.2 Å². The summed E-state index contributed by atoms with van der Waals surface area (Å²) in [6.07, 6.45) is 2.91. The maximum atomic E-state index is 9.64. The van der Waals surface area contributed by atoms with Crippen LogP contribution in [-0.2, 0) is 9.59 Å². The van der Waals surface area contributed by atoms with Crippen molar-refractivity contribution >= 4 is 11.9 Å². The number of hydrogen-bond acceptors (Lipinski definition) is 3. The second-order valence-electron chi connectivity index (χ2n) is 2.31. The number of nitrogens with zero attached hydrogens (tertiary/aromatic N) is 1. The number of aliphatic carboxylic acids is 2. The first kappa shape index (κ1) is 12.1. The number of carboxylic acids is 2. The predicted molar refractivity (Wildman–Crippen MR) is 48.7 cm³/mol. The molecule has 0 aliphatic carbocycles. The molecule has 0 saturated carbocycles. The molecule has 76 valence electrons. The molecule has 1 rings (SSSR count). The molecular weight excluding hydrogens is 186 g/mol. The zero-order valence-corrected chi connectivity index (χ0v) is 7.46. The first-order valence-corrected chi connectivity index (χ1v) is 3.91. The van der Waals surface area contributed by atoms with Gasteiger partial charge in [0.25, 0.3) is 0 Å². The van der Waals surface area contributed by atoms with Crippen LogP contribution < -0.4 is 0 Å². The number of hydrogen-bond donors (Lipinski definition) is 2. The fourth-order valence-electron chi connectivity index (χ4n) is 0.526. The van der Waals surface area contributed by atoms with Crippen LogP contribution in [0.1, 0.15) is 12.8 Å². The number of aromatic nitrogens is 1. The molecule has 0 amide bonds. The smallest absolute Gasteiger partial charge is 0.303 e. The quantitative estimate of drug-likeness (QED) is 0.755. The van der Waals surface area contributed by atoms with E-state index in [0.717, 1.165) is 0 Å². The van der Waals surface area contributed by atoms with Crippen molar-refractivity contribution in [2.45, 2.75) is 12.8 Å². The topological polar surface area (TPSA) is 87.5 Å². The van der Waals surface area contributed by atoms with Gasteiger partial charge in [-0.15, -0.1) is 0 Å². The van der Waals surface area contributed by atoms with E-state index in [1.165, 1.54) is 0 Å². The predicted octanol–water partition coefficient (Wildman–Crippen LogP) is 1.02. The molecule has 0 spiro atoms. The van der Waals surface area contributed by atoms with Gasteiger partial charge in [0, 0.05) is 12.4 Å². The van der Waals surface area contributed by atoms with Crippen LogP contribution in [0.25, 0.3) is 0 Å². The van der Waals surface area contributed by atoms with Gasteiger partial charge in [0.2, 0.25) is 0 Å². The van der Waals surface area contributed by atoms with Gasteiger partial charge in [0.1, 0.15) is 0 Å². The highest BCUT2D eigenvalue weighted by Gasteiger charge is 2.00. The molecule has 0 unspecified atom stereocenters. The Labute approximate surface area is 81.0 Å². The third-order valence-electron chi connectivity index (χ3n) is 1.12. The van der Waals surface area contributed by atoms with Gasteiger partial charge in [-0.25, -0.2) is 0 Å². The van der Waals surface area contributed by atoms with E-state index in [0.29, 0.717) is 0 Å². The van der Waals surface area contributed by atoms with E-state index < -0.39 is 11.9 Å². The molecule has 0 saturated heterocycles. The molecule has 0 radical (unpaired) electrons. The molecule has 0 atom stereocenters. The van der Waals surface area contributed by atoms with Gasteiger partial charge >= 0.3 is 11.9 Å². The summed E-state index contributed by atoms with van der Waals surface area (Å²) < 4.78 is 0. The van der Waals surface area contributed by atoms with Gasteiger partial charge in [-0.3, -0.25) is 14.6 Å². The van der Waals surface area contributed by atoms with Gasteiger partial charge in [-0.1, -0.05) is 6.07 Å². The number of carboxylic acid groups (broad SMARTS) is 2. The Bertz CT molecular complexity index is 233. The summed E-state index contributed by atoms with van der Waals surface area (Å²) in [5.41, 5.74) is 0. The highest BCUT2D eigenvalue weighted by molar-refractivity contribution is 5.75. The minimum absolute atomic E-state index is 0.296. The second-order valence-corrected chi connectivity index (χ2v) is 2.31. The Hall–Kier alpha value is -1.91. The lowest BCUT2D eigenvalue weighted by atomic mass is 10.3. The van der Waals surface area contributed by atoms with Crippen molar-refractivity contribution < 1.29 is 19.8 Å². The van der Waals surface area contributed by atoms with E-state index in [-0.39, 0.29) is 12.8 Å². The zero-order valence-electron chi connectivity index (χ0n) is 7.46. The SMILES string of the molecule is O=C(O)CCC(=O)O.c1ccncc1. The summed E-state index contributed by atoms with van der Waals surface area (Å²) in [4.78, 5) is 23.1. The van der Waals surface area contributed by atoms with Crippen LogP contribution in [0.2, 0.25) is 0 Å². The molecule has 5 nitrogen and oxygen atoms in total. The second kappa shape index (κ2) is 7.72. The third kappa shape index (κ3) is 10.1. The molecule has 0 aromatic carbocycles. The van der Waals surface area contributed by atoms with Crippen molar-refractivity contribution in [3.8, 4) is 0 Å². The van der Waals surface area contributed by atoms with Crippen LogP contribution in [0.3, 0.4) is 0 Å².